The van der Waals surface area contributed by atoms with Gasteiger partial charge >= 0.3 is 0 Å². The quantitative estimate of drug-likeness (QED) is 0.778. The molecule has 0 aliphatic carbocycles. The molecule has 2 amide bonds. The molecule has 0 radical (unpaired) electrons. The second kappa shape index (κ2) is 8.69. The Labute approximate surface area is 174 Å². The topological polar surface area (TPSA) is 74.8 Å². The van der Waals surface area contributed by atoms with Gasteiger partial charge < -0.3 is 19.9 Å². The molecular weight excluding hydrogens is 392 g/mol. The van der Waals surface area contributed by atoms with Crippen molar-refractivity contribution in [2.75, 3.05) is 36.4 Å². The fourth-order valence-electron chi connectivity index (χ4n) is 3.75. The van der Waals surface area contributed by atoms with Gasteiger partial charge in [0.2, 0.25) is 5.91 Å². The van der Waals surface area contributed by atoms with E-state index in [2.05, 4.69) is 10.3 Å². The highest BCUT2D eigenvalue weighted by Crippen LogP contribution is 2.33. The van der Waals surface area contributed by atoms with Crippen molar-refractivity contribution in [1.29, 1.82) is 0 Å². The molecule has 2 aliphatic heterocycles. The number of carbonyl (C=O) groups is 2. The maximum absolute atomic E-state index is 13.0. The summed E-state index contributed by atoms with van der Waals surface area (Å²) in [4.78, 5) is 33.3. The summed E-state index contributed by atoms with van der Waals surface area (Å²) in [6.07, 6.45) is 4.13. The van der Waals surface area contributed by atoms with Gasteiger partial charge in [-0.3, -0.25) is 9.59 Å². The molecule has 1 aromatic carbocycles. The fourth-order valence-corrected chi connectivity index (χ4v) is 3.91. The SMILES string of the molecule is O=C(CN1C[C@@H](C(=O)N2CCCCC2)Oc2ccccc21)Nc1cccnc1Cl. The average molecular weight is 415 g/mol. The van der Waals surface area contributed by atoms with E-state index in [0.29, 0.717) is 18.0 Å². The zero-order valence-electron chi connectivity index (χ0n) is 16.0. The molecule has 1 aromatic heterocycles. The standard InChI is InChI=1S/C21H23ClN4O3/c22-20-15(7-6-10-23-20)24-19(27)14-26-13-18(21(28)25-11-4-1-5-12-25)29-17-9-3-2-8-16(17)26/h2-3,6-10,18H,1,4-5,11-14H2,(H,24,27)/t18-/m0/s1. The lowest BCUT2D eigenvalue weighted by molar-refractivity contribution is -0.139. The van der Waals surface area contributed by atoms with E-state index in [1.54, 1.807) is 18.3 Å². The number of carbonyl (C=O) groups excluding carboxylic acids is 2. The van der Waals surface area contributed by atoms with Crippen molar-refractivity contribution in [2.45, 2.75) is 25.4 Å². The zero-order chi connectivity index (χ0) is 20.2. The number of rotatable bonds is 4. The number of pyridine rings is 1. The Morgan fingerprint density at radius 2 is 1.93 bits per heavy atom. The van der Waals surface area contributed by atoms with Crippen LogP contribution >= 0.6 is 11.6 Å². The van der Waals surface area contributed by atoms with E-state index >= 15 is 0 Å². The Morgan fingerprint density at radius 3 is 2.72 bits per heavy atom. The predicted molar refractivity (Wildman–Crippen MR) is 111 cm³/mol. The molecule has 152 valence electrons. The van der Waals surface area contributed by atoms with E-state index in [0.717, 1.165) is 38.0 Å². The van der Waals surface area contributed by atoms with Crippen molar-refractivity contribution < 1.29 is 14.3 Å². The zero-order valence-corrected chi connectivity index (χ0v) is 16.8. The number of piperidine rings is 1. The van der Waals surface area contributed by atoms with Gasteiger partial charge in [-0.2, -0.15) is 0 Å². The van der Waals surface area contributed by atoms with E-state index in [4.69, 9.17) is 16.3 Å². The van der Waals surface area contributed by atoms with Gasteiger partial charge in [0.05, 0.1) is 24.5 Å². The van der Waals surface area contributed by atoms with Crippen LogP contribution in [-0.4, -0.2) is 54.0 Å². The average Bonchev–Trinajstić information content (AvgIpc) is 2.75. The van der Waals surface area contributed by atoms with Gasteiger partial charge in [-0.05, 0) is 43.5 Å². The summed E-state index contributed by atoms with van der Waals surface area (Å²) in [7, 11) is 0. The van der Waals surface area contributed by atoms with E-state index in [1.165, 1.54) is 0 Å². The molecule has 1 fully saturated rings. The van der Waals surface area contributed by atoms with Crippen molar-refractivity contribution in [3.63, 3.8) is 0 Å². The molecule has 7 nitrogen and oxygen atoms in total. The summed E-state index contributed by atoms with van der Waals surface area (Å²) in [6.45, 7) is 1.93. The molecule has 2 aromatic rings. The molecule has 0 bridgehead atoms. The van der Waals surface area contributed by atoms with Crippen molar-refractivity contribution in [1.82, 2.24) is 9.88 Å². The molecule has 0 unspecified atom stereocenters. The van der Waals surface area contributed by atoms with Gasteiger partial charge in [0.25, 0.3) is 5.91 Å². The number of likely N-dealkylation sites (tertiary alicyclic amines) is 1. The Kier molecular flexibility index (Phi) is 5.85. The monoisotopic (exact) mass is 414 g/mol. The Morgan fingerprint density at radius 1 is 1.14 bits per heavy atom. The molecule has 8 heteroatoms. The van der Waals surface area contributed by atoms with Gasteiger partial charge in [0.15, 0.2) is 11.3 Å². The van der Waals surface area contributed by atoms with E-state index < -0.39 is 6.10 Å². The number of para-hydroxylation sites is 2. The van der Waals surface area contributed by atoms with Crippen LogP contribution in [-0.2, 0) is 9.59 Å². The van der Waals surface area contributed by atoms with Crippen LogP contribution in [0.5, 0.6) is 5.75 Å². The predicted octanol–water partition coefficient (Wildman–Crippen LogP) is 2.95. The highest BCUT2D eigenvalue weighted by Gasteiger charge is 2.34. The largest absolute Gasteiger partial charge is 0.477 e. The Balaban J connectivity index is 1.49. The third-order valence-electron chi connectivity index (χ3n) is 5.17. The van der Waals surface area contributed by atoms with Gasteiger partial charge in [0, 0.05) is 19.3 Å². The molecule has 4 rings (SSSR count). The summed E-state index contributed by atoms with van der Waals surface area (Å²) in [6, 6.07) is 10.9. The number of amides is 2. The normalized spacial score (nSPS) is 18.6. The number of nitrogens with zero attached hydrogens (tertiary/aromatic N) is 3. The number of aromatic nitrogens is 1. The number of nitrogens with one attached hydrogen (secondary N) is 1. The number of benzene rings is 1. The molecule has 3 heterocycles. The molecule has 0 spiro atoms. The molecule has 1 atom stereocenters. The molecule has 1 saturated heterocycles. The van der Waals surface area contributed by atoms with E-state index in [1.807, 2.05) is 34.1 Å². The minimum absolute atomic E-state index is 0.0140. The number of hydrogen-bond donors (Lipinski definition) is 1. The lowest BCUT2D eigenvalue weighted by atomic mass is 10.1. The Bertz CT molecular complexity index is 901. The van der Waals surface area contributed by atoms with Crippen LogP contribution in [0.1, 0.15) is 19.3 Å². The van der Waals surface area contributed by atoms with Crippen molar-refractivity contribution in [3.05, 3.63) is 47.7 Å². The summed E-state index contributed by atoms with van der Waals surface area (Å²) >= 11 is 6.03. The van der Waals surface area contributed by atoms with Crippen LogP contribution in [0.15, 0.2) is 42.6 Å². The van der Waals surface area contributed by atoms with Crippen LogP contribution in [0.4, 0.5) is 11.4 Å². The first-order valence-corrected chi connectivity index (χ1v) is 10.2. The number of anilines is 2. The van der Waals surface area contributed by atoms with Crippen molar-refractivity contribution in [2.24, 2.45) is 0 Å². The van der Waals surface area contributed by atoms with Crippen molar-refractivity contribution >= 4 is 34.8 Å². The molecule has 2 aliphatic rings. The number of ether oxygens (including phenoxy) is 1. The second-order valence-electron chi connectivity index (χ2n) is 7.23. The third kappa shape index (κ3) is 4.45. The lowest BCUT2D eigenvalue weighted by Gasteiger charge is -2.38. The summed E-state index contributed by atoms with van der Waals surface area (Å²) in [5.41, 5.74) is 1.25. The maximum Gasteiger partial charge on any atom is 0.265 e. The maximum atomic E-state index is 13.0. The van der Waals surface area contributed by atoms with Crippen LogP contribution < -0.4 is 15.0 Å². The summed E-state index contributed by atoms with van der Waals surface area (Å²) in [5, 5.41) is 3.02. The highest BCUT2D eigenvalue weighted by molar-refractivity contribution is 6.32. The van der Waals surface area contributed by atoms with Gasteiger partial charge in [-0.15, -0.1) is 0 Å². The minimum Gasteiger partial charge on any atom is -0.477 e. The molecule has 0 saturated carbocycles. The number of hydrogen-bond acceptors (Lipinski definition) is 5. The van der Waals surface area contributed by atoms with Crippen LogP contribution in [0, 0.1) is 0 Å². The van der Waals surface area contributed by atoms with Crippen LogP contribution in [0.3, 0.4) is 0 Å². The lowest BCUT2D eigenvalue weighted by Crippen LogP contribution is -2.52. The van der Waals surface area contributed by atoms with Gasteiger partial charge in [0.1, 0.15) is 5.75 Å². The van der Waals surface area contributed by atoms with Gasteiger partial charge in [-0.25, -0.2) is 4.98 Å². The third-order valence-corrected chi connectivity index (χ3v) is 5.47. The number of fused-ring (bicyclic) bond motifs is 1. The van der Waals surface area contributed by atoms with E-state index in [-0.39, 0.29) is 23.5 Å². The fraction of sp³-hybridized carbons (Fsp3) is 0.381. The van der Waals surface area contributed by atoms with Crippen molar-refractivity contribution in [3.8, 4) is 5.75 Å². The number of halogens is 1. The second-order valence-corrected chi connectivity index (χ2v) is 7.59. The molecule has 1 N–H and O–H groups in total. The summed E-state index contributed by atoms with van der Waals surface area (Å²) < 4.78 is 6.00. The smallest absolute Gasteiger partial charge is 0.265 e. The van der Waals surface area contributed by atoms with Crippen LogP contribution in [0.25, 0.3) is 0 Å². The van der Waals surface area contributed by atoms with Crippen LogP contribution in [0.2, 0.25) is 5.15 Å². The molecular formula is C21H23ClN4O3. The first-order chi connectivity index (χ1) is 14.1. The minimum atomic E-state index is -0.627. The molecule has 29 heavy (non-hydrogen) atoms. The highest BCUT2D eigenvalue weighted by atomic mass is 35.5. The van der Waals surface area contributed by atoms with E-state index in [9.17, 15) is 9.59 Å². The first-order valence-electron chi connectivity index (χ1n) is 9.81. The first kappa shape index (κ1) is 19.5. The Hall–Kier alpha value is -2.80. The summed E-state index contributed by atoms with van der Waals surface area (Å²) in [5.74, 6) is 0.363. The van der Waals surface area contributed by atoms with Gasteiger partial charge in [-0.1, -0.05) is 23.7 Å².